The van der Waals surface area contributed by atoms with E-state index in [0.29, 0.717) is 12.4 Å². The van der Waals surface area contributed by atoms with Gasteiger partial charge in [-0.05, 0) is 24.6 Å². The molecule has 16 heavy (non-hydrogen) atoms. The largest absolute Gasteiger partial charge is 0.385 e. The van der Waals surface area contributed by atoms with Crippen molar-refractivity contribution >= 4 is 11.6 Å². The van der Waals surface area contributed by atoms with E-state index in [4.69, 9.17) is 11.6 Å². The molecule has 0 amide bonds. The molecular formula is C12H13ClN2O. The van der Waals surface area contributed by atoms with Gasteiger partial charge in [0.2, 0.25) is 0 Å². The molecule has 1 aromatic carbocycles. The van der Waals surface area contributed by atoms with E-state index in [1.807, 2.05) is 35.0 Å². The molecule has 0 aliphatic carbocycles. The van der Waals surface area contributed by atoms with Crippen molar-refractivity contribution in [2.24, 2.45) is 0 Å². The number of halogens is 1. The first-order valence-electron chi connectivity index (χ1n) is 5.10. The fourth-order valence-electron chi connectivity index (χ4n) is 1.61. The molecule has 0 saturated heterocycles. The van der Waals surface area contributed by atoms with E-state index in [9.17, 15) is 5.11 Å². The van der Waals surface area contributed by atoms with Crippen LogP contribution in [0.25, 0.3) is 0 Å². The molecule has 0 fully saturated rings. The van der Waals surface area contributed by atoms with E-state index in [2.05, 4.69) is 4.98 Å². The van der Waals surface area contributed by atoms with Crippen LogP contribution in [0, 0.1) is 0 Å². The summed E-state index contributed by atoms with van der Waals surface area (Å²) in [5.74, 6) is 0.676. The van der Waals surface area contributed by atoms with Crippen molar-refractivity contribution in [1.82, 2.24) is 9.55 Å². The van der Waals surface area contributed by atoms with Crippen LogP contribution in [-0.4, -0.2) is 14.7 Å². The maximum atomic E-state index is 9.51. The topological polar surface area (TPSA) is 38.1 Å². The summed E-state index contributed by atoms with van der Waals surface area (Å²) in [6.45, 7) is 2.40. The third-order valence-corrected chi connectivity index (χ3v) is 2.64. The first-order valence-corrected chi connectivity index (χ1v) is 5.48. The van der Waals surface area contributed by atoms with E-state index >= 15 is 0 Å². The fraction of sp³-hybridized carbons (Fsp3) is 0.250. The van der Waals surface area contributed by atoms with Gasteiger partial charge >= 0.3 is 0 Å². The summed E-state index contributed by atoms with van der Waals surface area (Å²) in [6, 6.07) is 7.65. The van der Waals surface area contributed by atoms with Gasteiger partial charge in [0.05, 0.1) is 0 Å². The average molecular weight is 237 g/mol. The van der Waals surface area contributed by atoms with E-state index in [1.165, 1.54) is 0 Å². The summed E-state index contributed by atoms with van der Waals surface area (Å²) in [5, 5.41) is 10.2. The molecule has 1 atom stereocenters. The standard InChI is InChI=1S/C12H13ClN2O/c1-9(16)12-14-6-7-15(12)8-10-2-4-11(13)5-3-10/h2-7,9,16H,8H2,1H3. The summed E-state index contributed by atoms with van der Waals surface area (Å²) in [6.07, 6.45) is 3.00. The Balaban J connectivity index is 2.20. The van der Waals surface area contributed by atoms with Gasteiger partial charge in [0.25, 0.3) is 0 Å². The molecule has 1 unspecified atom stereocenters. The molecule has 0 bridgehead atoms. The van der Waals surface area contributed by atoms with Gasteiger partial charge in [0.15, 0.2) is 0 Å². The number of aliphatic hydroxyl groups excluding tert-OH is 1. The third-order valence-electron chi connectivity index (χ3n) is 2.39. The van der Waals surface area contributed by atoms with Gasteiger partial charge in [-0.25, -0.2) is 4.98 Å². The van der Waals surface area contributed by atoms with Crippen LogP contribution in [0.2, 0.25) is 5.02 Å². The highest BCUT2D eigenvalue weighted by Crippen LogP contribution is 2.14. The zero-order chi connectivity index (χ0) is 11.5. The zero-order valence-corrected chi connectivity index (χ0v) is 9.72. The molecule has 0 aliphatic rings. The highest BCUT2D eigenvalue weighted by Gasteiger charge is 2.08. The molecule has 84 valence electrons. The maximum Gasteiger partial charge on any atom is 0.137 e. The molecule has 0 saturated carbocycles. The highest BCUT2D eigenvalue weighted by molar-refractivity contribution is 6.30. The summed E-state index contributed by atoms with van der Waals surface area (Å²) < 4.78 is 1.92. The van der Waals surface area contributed by atoms with Crippen LogP contribution in [0.15, 0.2) is 36.7 Å². The lowest BCUT2D eigenvalue weighted by Gasteiger charge is -2.09. The van der Waals surface area contributed by atoms with Gasteiger partial charge in [-0.1, -0.05) is 23.7 Å². The van der Waals surface area contributed by atoms with Crippen LogP contribution in [-0.2, 0) is 6.54 Å². The Morgan fingerprint density at radius 2 is 2.06 bits per heavy atom. The minimum atomic E-state index is -0.553. The van der Waals surface area contributed by atoms with E-state index in [-0.39, 0.29) is 0 Å². The van der Waals surface area contributed by atoms with Crippen molar-refractivity contribution in [1.29, 1.82) is 0 Å². The molecule has 4 heteroatoms. The Labute approximate surface area is 99.3 Å². The van der Waals surface area contributed by atoms with E-state index in [0.717, 1.165) is 10.6 Å². The molecule has 0 aliphatic heterocycles. The van der Waals surface area contributed by atoms with Gasteiger partial charge in [0.1, 0.15) is 11.9 Å². The van der Waals surface area contributed by atoms with Crippen LogP contribution >= 0.6 is 11.6 Å². The Morgan fingerprint density at radius 3 is 2.69 bits per heavy atom. The number of aromatic nitrogens is 2. The summed E-state index contributed by atoms with van der Waals surface area (Å²) in [5.41, 5.74) is 1.13. The van der Waals surface area contributed by atoms with Crippen molar-refractivity contribution in [3.8, 4) is 0 Å². The normalized spacial score (nSPS) is 12.7. The number of nitrogens with zero attached hydrogens (tertiary/aromatic N) is 2. The second-order valence-corrected chi connectivity index (χ2v) is 4.15. The van der Waals surface area contributed by atoms with Gasteiger partial charge in [-0.2, -0.15) is 0 Å². The molecule has 0 radical (unpaired) electrons. The van der Waals surface area contributed by atoms with Crippen LogP contribution in [0.1, 0.15) is 24.4 Å². The number of hydrogen-bond acceptors (Lipinski definition) is 2. The number of rotatable bonds is 3. The number of benzene rings is 1. The lowest BCUT2D eigenvalue weighted by atomic mass is 10.2. The predicted octanol–water partition coefficient (Wildman–Crippen LogP) is 2.64. The predicted molar refractivity (Wildman–Crippen MR) is 63.4 cm³/mol. The van der Waals surface area contributed by atoms with Crippen molar-refractivity contribution in [3.05, 3.63) is 53.1 Å². The maximum absolute atomic E-state index is 9.51. The highest BCUT2D eigenvalue weighted by atomic mass is 35.5. The van der Waals surface area contributed by atoms with Crippen molar-refractivity contribution in [3.63, 3.8) is 0 Å². The van der Waals surface area contributed by atoms with Crippen molar-refractivity contribution < 1.29 is 5.11 Å². The monoisotopic (exact) mass is 236 g/mol. The minimum absolute atomic E-state index is 0.553. The van der Waals surface area contributed by atoms with Gasteiger partial charge in [-0.3, -0.25) is 0 Å². The van der Waals surface area contributed by atoms with E-state index < -0.39 is 6.10 Å². The lowest BCUT2D eigenvalue weighted by molar-refractivity contribution is 0.184. The smallest absolute Gasteiger partial charge is 0.137 e. The van der Waals surface area contributed by atoms with Gasteiger partial charge < -0.3 is 9.67 Å². The molecule has 1 aromatic heterocycles. The minimum Gasteiger partial charge on any atom is -0.385 e. The quantitative estimate of drug-likeness (QED) is 0.890. The first-order chi connectivity index (χ1) is 7.66. The Hall–Kier alpha value is -1.32. The SMILES string of the molecule is CC(O)c1nccn1Cc1ccc(Cl)cc1. The molecular weight excluding hydrogens is 224 g/mol. The van der Waals surface area contributed by atoms with Crippen molar-refractivity contribution in [2.75, 3.05) is 0 Å². The average Bonchev–Trinajstić information content (AvgIpc) is 2.69. The van der Waals surface area contributed by atoms with Crippen LogP contribution in [0.5, 0.6) is 0 Å². The molecule has 2 aromatic rings. The van der Waals surface area contributed by atoms with Crippen molar-refractivity contribution in [2.45, 2.75) is 19.6 Å². The Bertz CT molecular complexity index is 462. The van der Waals surface area contributed by atoms with Gasteiger partial charge in [-0.15, -0.1) is 0 Å². The second kappa shape index (κ2) is 4.68. The number of imidazole rings is 1. The molecule has 1 N–H and O–H groups in total. The molecule has 0 spiro atoms. The summed E-state index contributed by atoms with van der Waals surface area (Å²) in [4.78, 5) is 4.12. The fourth-order valence-corrected chi connectivity index (χ4v) is 1.73. The lowest BCUT2D eigenvalue weighted by Crippen LogP contribution is -2.07. The first kappa shape index (κ1) is 11.2. The Morgan fingerprint density at radius 1 is 1.38 bits per heavy atom. The summed E-state index contributed by atoms with van der Waals surface area (Å²) in [7, 11) is 0. The number of aliphatic hydroxyl groups is 1. The molecule has 2 rings (SSSR count). The third kappa shape index (κ3) is 2.43. The number of hydrogen-bond donors (Lipinski definition) is 1. The van der Waals surface area contributed by atoms with Crippen LogP contribution in [0.3, 0.4) is 0 Å². The Kier molecular flexibility index (Phi) is 3.27. The van der Waals surface area contributed by atoms with Gasteiger partial charge in [0, 0.05) is 24.0 Å². The molecule has 1 heterocycles. The van der Waals surface area contributed by atoms with Crippen LogP contribution in [0.4, 0.5) is 0 Å². The summed E-state index contributed by atoms with van der Waals surface area (Å²) >= 11 is 5.82. The zero-order valence-electron chi connectivity index (χ0n) is 8.97. The van der Waals surface area contributed by atoms with Crippen LogP contribution < -0.4 is 0 Å². The van der Waals surface area contributed by atoms with E-state index in [1.54, 1.807) is 13.1 Å². The molecule has 3 nitrogen and oxygen atoms in total. The second-order valence-electron chi connectivity index (χ2n) is 3.72.